The maximum absolute atomic E-state index is 4.02. The maximum atomic E-state index is 4.02. The molecule has 1 aromatic heterocycles. The first-order valence-corrected chi connectivity index (χ1v) is 5.46. The van der Waals surface area contributed by atoms with Crippen LogP contribution in [0.4, 0.5) is 0 Å². The van der Waals surface area contributed by atoms with Crippen molar-refractivity contribution in [1.29, 1.82) is 0 Å². The smallest absolute Gasteiger partial charge is 0.0555 e. The molecule has 0 bridgehead atoms. The summed E-state index contributed by atoms with van der Waals surface area (Å²) in [6, 6.07) is 0. The van der Waals surface area contributed by atoms with Gasteiger partial charge < -0.3 is 0 Å². The first-order valence-electron chi connectivity index (χ1n) is 5.46. The van der Waals surface area contributed by atoms with Crippen LogP contribution < -0.4 is 0 Å². The van der Waals surface area contributed by atoms with Crippen molar-refractivity contribution in [3.05, 3.63) is 23.8 Å². The molecule has 0 aliphatic carbocycles. The fraction of sp³-hybridized carbons (Fsp3) is 0.667. The lowest BCUT2D eigenvalue weighted by atomic mass is 10.4. The second kappa shape index (κ2) is 12.1. The van der Waals surface area contributed by atoms with E-state index in [0.717, 1.165) is 11.4 Å². The Hall–Kier alpha value is -0.920. The Bertz CT molecular complexity index is 169. The second-order valence-electron chi connectivity index (χ2n) is 2.80. The van der Waals surface area contributed by atoms with E-state index in [4.69, 9.17) is 0 Å². The third kappa shape index (κ3) is 11.1. The van der Waals surface area contributed by atoms with Crippen LogP contribution in [0.3, 0.4) is 0 Å². The molecule has 0 aromatic carbocycles. The minimum atomic E-state index is 0.968. The van der Waals surface area contributed by atoms with Crippen molar-refractivity contribution in [3.63, 3.8) is 0 Å². The Morgan fingerprint density at radius 1 is 0.857 bits per heavy atom. The van der Waals surface area contributed by atoms with E-state index in [1.807, 2.05) is 27.7 Å². The summed E-state index contributed by atoms with van der Waals surface area (Å²) in [5.41, 5.74) is 1.94. The van der Waals surface area contributed by atoms with Gasteiger partial charge in [-0.25, -0.2) is 0 Å². The second-order valence-corrected chi connectivity index (χ2v) is 2.80. The van der Waals surface area contributed by atoms with Crippen LogP contribution in [0.15, 0.2) is 12.4 Å². The van der Waals surface area contributed by atoms with E-state index in [-0.39, 0.29) is 0 Å². The minimum absolute atomic E-state index is 0.968. The molecule has 2 heteroatoms. The van der Waals surface area contributed by atoms with Crippen LogP contribution in [0, 0.1) is 13.8 Å². The summed E-state index contributed by atoms with van der Waals surface area (Å²) in [6.45, 7) is 12.2. The zero-order valence-corrected chi connectivity index (χ0v) is 10.5. The van der Waals surface area contributed by atoms with Crippen LogP contribution in [0.2, 0.25) is 0 Å². The molecule has 0 atom stereocenters. The van der Waals surface area contributed by atoms with Crippen LogP contribution in [0.25, 0.3) is 0 Å². The predicted molar refractivity (Wildman–Crippen MR) is 63.4 cm³/mol. The first kappa shape index (κ1) is 15.5. The highest BCUT2D eigenvalue weighted by molar-refractivity contribution is 4.97. The quantitative estimate of drug-likeness (QED) is 0.680. The number of hydrogen-bond donors (Lipinski definition) is 0. The van der Waals surface area contributed by atoms with E-state index < -0.39 is 0 Å². The molecule has 0 fully saturated rings. The maximum Gasteiger partial charge on any atom is 0.0555 e. The van der Waals surface area contributed by atoms with E-state index >= 15 is 0 Å². The summed E-state index contributed by atoms with van der Waals surface area (Å²) in [4.78, 5) is 8.03. The molecular weight excluding hydrogens is 172 g/mol. The van der Waals surface area contributed by atoms with Crippen molar-refractivity contribution in [3.8, 4) is 0 Å². The van der Waals surface area contributed by atoms with Crippen LogP contribution in [0.1, 0.15) is 51.9 Å². The average molecular weight is 196 g/mol. The number of aromatic nitrogens is 2. The zero-order valence-electron chi connectivity index (χ0n) is 10.5. The fourth-order valence-corrected chi connectivity index (χ4v) is 0.457. The highest BCUT2D eigenvalue weighted by Crippen LogP contribution is 1.88. The molecule has 0 amide bonds. The molecule has 82 valence electrons. The minimum Gasteiger partial charge on any atom is -0.258 e. The van der Waals surface area contributed by atoms with Gasteiger partial charge in [-0.15, -0.1) is 0 Å². The van der Waals surface area contributed by atoms with Gasteiger partial charge in [0.2, 0.25) is 0 Å². The lowest BCUT2D eigenvalue weighted by molar-refractivity contribution is 0.886. The molecule has 0 N–H and O–H groups in total. The Labute approximate surface area is 88.8 Å². The molecule has 0 saturated carbocycles. The summed E-state index contributed by atoms with van der Waals surface area (Å²) < 4.78 is 0. The number of rotatable bonds is 1. The van der Waals surface area contributed by atoms with Gasteiger partial charge in [-0.05, 0) is 13.8 Å². The summed E-state index contributed by atoms with van der Waals surface area (Å²) >= 11 is 0. The highest BCUT2D eigenvalue weighted by atomic mass is 14.8. The molecule has 0 aliphatic rings. The monoisotopic (exact) mass is 196 g/mol. The van der Waals surface area contributed by atoms with Crippen molar-refractivity contribution in [1.82, 2.24) is 9.97 Å². The molecule has 1 aromatic rings. The molecule has 14 heavy (non-hydrogen) atoms. The summed E-state index contributed by atoms with van der Waals surface area (Å²) in [5.74, 6) is 0. The lowest BCUT2D eigenvalue weighted by Gasteiger charge is -1.88. The molecular formula is C12H24N2. The van der Waals surface area contributed by atoms with Crippen LogP contribution in [-0.2, 0) is 0 Å². The highest BCUT2D eigenvalue weighted by Gasteiger charge is 1.82. The largest absolute Gasteiger partial charge is 0.258 e. The van der Waals surface area contributed by atoms with E-state index in [0.29, 0.717) is 0 Å². The Morgan fingerprint density at radius 2 is 1.14 bits per heavy atom. The Balaban J connectivity index is 0. The molecule has 0 aliphatic heterocycles. The topological polar surface area (TPSA) is 25.8 Å². The van der Waals surface area contributed by atoms with Gasteiger partial charge in [-0.3, -0.25) is 9.97 Å². The fourth-order valence-electron chi connectivity index (χ4n) is 0.457. The Morgan fingerprint density at radius 3 is 1.29 bits per heavy atom. The molecule has 1 heterocycles. The number of unbranched alkanes of at least 4 members (excludes halogenated alkanes) is 1. The van der Waals surface area contributed by atoms with Gasteiger partial charge in [0.15, 0.2) is 0 Å². The number of aryl methyl sites for hydroxylation is 2. The van der Waals surface area contributed by atoms with Gasteiger partial charge in [-0.1, -0.05) is 40.5 Å². The Kier molecular flexibility index (Phi) is 13.4. The third-order valence-electron chi connectivity index (χ3n) is 1.41. The lowest BCUT2D eigenvalue weighted by Crippen LogP contribution is -1.84. The molecule has 2 nitrogen and oxygen atoms in total. The van der Waals surface area contributed by atoms with Crippen LogP contribution in [-0.4, -0.2) is 9.97 Å². The molecule has 0 saturated heterocycles. The molecule has 1 rings (SSSR count). The molecule has 0 radical (unpaired) electrons. The summed E-state index contributed by atoms with van der Waals surface area (Å²) in [6.07, 6.45) is 6.16. The van der Waals surface area contributed by atoms with E-state index in [1.54, 1.807) is 12.4 Å². The van der Waals surface area contributed by atoms with Crippen LogP contribution >= 0.6 is 0 Å². The van der Waals surface area contributed by atoms with Crippen molar-refractivity contribution in [2.75, 3.05) is 0 Å². The van der Waals surface area contributed by atoms with Gasteiger partial charge in [0.1, 0.15) is 0 Å². The first-order chi connectivity index (χ1) is 6.70. The summed E-state index contributed by atoms with van der Waals surface area (Å²) in [7, 11) is 0. The molecule has 0 unspecified atom stereocenters. The van der Waals surface area contributed by atoms with E-state index in [9.17, 15) is 0 Å². The van der Waals surface area contributed by atoms with Crippen molar-refractivity contribution >= 4 is 0 Å². The number of hydrogen-bond acceptors (Lipinski definition) is 2. The summed E-state index contributed by atoms with van der Waals surface area (Å²) in [5, 5.41) is 0. The van der Waals surface area contributed by atoms with Crippen molar-refractivity contribution in [2.45, 2.75) is 54.4 Å². The SMILES string of the molecule is CC.CCCC.Cc1cnc(C)cn1. The van der Waals surface area contributed by atoms with Crippen molar-refractivity contribution < 1.29 is 0 Å². The predicted octanol–water partition coefficient (Wildman–Crippen LogP) is 3.93. The van der Waals surface area contributed by atoms with Gasteiger partial charge in [0.05, 0.1) is 11.4 Å². The van der Waals surface area contributed by atoms with Gasteiger partial charge in [0.25, 0.3) is 0 Å². The van der Waals surface area contributed by atoms with Crippen molar-refractivity contribution in [2.24, 2.45) is 0 Å². The third-order valence-corrected chi connectivity index (χ3v) is 1.41. The van der Waals surface area contributed by atoms with E-state index in [1.165, 1.54) is 12.8 Å². The number of nitrogens with zero attached hydrogens (tertiary/aromatic N) is 2. The normalized spacial score (nSPS) is 7.86. The molecule has 0 spiro atoms. The standard InChI is InChI=1S/C6H8N2.C4H10.C2H6/c1-5-3-8-6(2)4-7-5;1-3-4-2;1-2/h3-4H,1-2H3;3-4H2,1-2H3;1-2H3. The van der Waals surface area contributed by atoms with Gasteiger partial charge in [-0.2, -0.15) is 0 Å². The van der Waals surface area contributed by atoms with E-state index in [2.05, 4.69) is 23.8 Å². The average Bonchev–Trinajstić information content (AvgIpc) is 2.26. The van der Waals surface area contributed by atoms with Gasteiger partial charge in [0, 0.05) is 12.4 Å². The zero-order chi connectivity index (χ0) is 11.4. The van der Waals surface area contributed by atoms with Crippen LogP contribution in [0.5, 0.6) is 0 Å². The van der Waals surface area contributed by atoms with Gasteiger partial charge >= 0.3 is 0 Å².